The van der Waals surface area contributed by atoms with Gasteiger partial charge < -0.3 is 10.8 Å². The largest absolute Gasteiger partial charge is 0.394 e. The number of aliphatic hydroxyl groups is 1. The molecule has 1 aromatic rings. The minimum atomic E-state index is -0.628. The normalized spacial score (nSPS) is 15.2. The minimum Gasteiger partial charge on any atom is -0.394 e. The van der Waals surface area contributed by atoms with Gasteiger partial charge in [0.05, 0.1) is 12.1 Å². The van der Waals surface area contributed by atoms with Crippen molar-refractivity contribution >= 4 is 0 Å². The van der Waals surface area contributed by atoms with Crippen LogP contribution in [0.4, 0.5) is 0 Å². The summed E-state index contributed by atoms with van der Waals surface area (Å²) >= 11 is 0. The number of aryl methyl sites for hydroxylation is 2. The SMILES string of the molecule is CCc1ccc(C)cc1[C@](C)(N)CO. The lowest BCUT2D eigenvalue weighted by Gasteiger charge is -2.25. The molecule has 1 rings (SSSR count). The summed E-state index contributed by atoms with van der Waals surface area (Å²) in [6.07, 6.45) is 0.947. The molecule has 0 amide bonds. The Bertz CT molecular complexity index is 318. The maximum Gasteiger partial charge on any atom is 0.0650 e. The molecule has 2 heteroatoms. The molecule has 3 N–H and O–H groups in total. The zero-order valence-electron chi connectivity index (χ0n) is 9.17. The van der Waals surface area contributed by atoms with E-state index in [9.17, 15) is 5.11 Å². The van der Waals surface area contributed by atoms with Crippen molar-refractivity contribution in [3.05, 3.63) is 34.9 Å². The van der Waals surface area contributed by atoms with Crippen molar-refractivity contribution in [1.82, 2.24) is 0 Å². The van der Waals surface area contributed by atoms with Crippen molar-refractivity contribution in [2.75, 3.05) is 6.61 Å². The van der Waals surface area contributed by atoms with Crippen LogP contribution in [0.15, 0.2) is 18.2 Å². The fourth-order valence-electron chi connectivity index (χ4n) is 1.62. The fraction of sp³-hybridized carbons (Fsp3) is 0.500. The van der Waals surface area contributed by atoms with Crippen LogP contribution in [-0.2, 0) is 12.0 Å². The Balaban J connectivity index is 3.23. The van der Waals surface area contributed by atoms with Gasteiger partial charge in [-0.1, -0.05) is 30.7 Å². The van der Waals surface area contributed by atoms with Gasteiger partial charge in [0.2, 0.25) is 0 Å². The average Bonchev–Trinajstić information content (AvgIpc) is 2.18. The van der Waals surface area contributed by atoms with Gasteiger partial charge in [-0.2, -0.15) is 0 Å². The average molecular weight is 193 g/mol. The van der Waals surface area contributed by atoms with Gasteiger partial charge in [0.1, 0.15) is 0 Å². The van der Waals surface area contributed by atoms with Gasteiger partial charge in [-0.3, -0.25) is 0 Å². The maximum absolute atomic E-state index is 9.23. The van der Waals surface area contributed by atoms with E-state index in [0.29, 0.717) is 0 Å². The van der Waals surface area contributed by atoms with Crippen molar-refractivity contribution in [2.45, 2.75) is 32.7 Å². The van der Waals surface area contributed by atoms with Gasteiger partial charge in [-0.25, -0.2) is 0 Å². The quantitative estimate of drug-likeness (QED) is 0.768. The van der Waals surface area contributed by atoms with E-state index >= 15 is 0 Å². The molecule has 1 atom stereocenters. The number of nitrogens with two attached hydrogens (primary N) is 1. The van der Waals surface area contributed by atoms with Gasteiger partial charge in [0, 0.05) is 0 Å². The monoisotopic (exact) mass is 193 g/mol. The third kappa shape index (κ3) is 2.14. The molecule has 1 aromatic carbocycles. The summed E-state index contributed by atoms with van der Waals surface area (Å²) in [6.45, 7) is 5.97. The molecule has 0 saturated heterocycles. The number of benzene rings is 1. The molecular formula is C12H19NO. The highest BCUT2D eigenvalue weighted by atomic mass is 16.3. The summed E-state index contributed by atoms with van der Waals surface area (Å²) in [6, 6.07) is 6.23. The molecule has 2 nitrogen and oxygen atoms in total. The van der Waals surface area contributed by atoms with E-state index in [4.69, 9.17) is 5.73 Å². The molecule has 0 aliphatic heterocycles. The Morgan fingerprint density at radius 3 is 2.57 bits per heavy atom. The summed E-state index contributed by atoms with van der Waals surface area (Å²) in [5.74, 6) is 0. The van der Waals surface area contributed by atoms with Gasteiger partial charge in [-0.15, -0.1) is 0 Å². The highest BCUT2D eigenvalue weighted by molar-refractivity contribution is 5.36. The predicted octanol–water partition coefficient (Wildman–Crippen LogP) is 1.72. The smallest absolute Gasteiger partial charge is 0.0650 e. The first-order chi connectivity index (χ1) is 6.51. The van der Waals surface area contributed by atoms with Gasteiger partial charge in [0.15, 0.2) is 0 Å². The first-order valence-electron chi connectivity index (χ1n) is 5.01. The van der Waals surface area contributed by atoms with Crippen molar-refractivity contribution in [2.24, 2.45) is 5.73 Å². The van der Waals surface area contributed by atoms with E-state index in [-0.39, 0.29) is 6.61 Å². The number of aliphatic hydroxyl groups excluding tert-OH is 1. The molecule has 0 unspecified atom stereocenters. The van der Waals surface area contributed by atoms with E-state index in [2.05, 4.69) is 25.1 Å². The third-order valence-electron chi connectivity index (χ3n) is 2.59. The van der Waals surface area contributed by atoms with Crippen LogP contribution in [-0.4, -0.2) is 11.7 Å². The molecule has 0 bridgehead atoms. The highest BCUT2D eigenvalue weighted by Gasteiger charge is 2.22. The zero-order valence-corrected chi connectivity index (χ0v) is 9.17. The standard InChI is InChI=1S/C12H19NO/c1-4-10-6-5-9(2)7-11(10)12(3,13)8-14/h5-7,14H,4,8,13H2,1-3H3/t12-/m1/s1. The predicted molar refractivity (Wildman–Crippen MR) is 59.2 cm³/mol. The summed E-state index contributed by atoms with van der Waals surface area (Å²) < 4.78 is 0. The van der Waals surface area contributed by atoms with Crippen LogP contribution in [0.2, 0.25) is 0 Å². The molecule has 0 fully saturated rings. The lowest BCUT2D eigenvalue weighted by Crippen LogP contribution is -2.38. The van der Waals surface area contributed by atoms with Crippen LogP contribution in [0, 0.1) is 6.92 Å². The Morgan fingerprint density at radius 1 is 1.43 bits per heavy atom. The molecule has 0 spiro atoms. The molecule has 0 radical (unpaired) electrons. The minimum absolute atomic E-state index is 0.0244. The van der Waals surface area contributed by atoms with Crippen molar-refractivity contribution < 1.29 is 5.11 Å². The second-order valence-electron chi connectivity index (χ2n) is 4.09. The molecule has 0 aliphatic rings. The molecular weight excluding hydrogens is 174 g/mol. The highest BCUT2D eigenvalue weighted by Crippen LogP contribution is 2.23. The topological polar surface area (TPSA) is 46.2 Å². The number of rotatable bonds is 3. The van der Waals surface area contributed by atoms with Crippen LogP contribution < -0.4 is 5.73 Å². The lowest BCUT2D eigenvalue weighted by atomic mass is 9.88. The van der Waals surface area contributed by atoms with E-state index in [1.165, 1.54) is 11.1 Å². The van der Waals surface area contributed by atoms with E-state index in [1.807, 2.05) is 13.8 Å². The van der Waals surface area contributed by atoms with Crippen LogP contribution in [0.1, 0.15) is 30.5 Å². The van der Waals surface area contributed by atoms with E-state index in [1.54, 1.807) is 0 Å². The van der Waals surface area contributed by atoms with Crippen LogP contribution >= 0.6 is 0 Å². The first kappa shape index (κ1) is 11.2. The first-order valence-corrected chi connectivity index (χ1v) is 5.01. The molecule has 78 valence electrons. The van der Waals surface area contributed by atoms with Gasteiger partial charge in [-0.05, 0) is 31.4 Å². The molecule has 0 heterocycles. The molecule has 14 heavy (non-hydrogen) atoms. The second kappa shape index (κ2) is 4.11. The third-order valence-corrected chi connectivity index (χ3v) is 2.59. The summed E-state index contributed by atoms with van der Waals surface area (Å²) in [5, 5.41) is 9.23. The van der Waals surface area contributed by atoms with E-state index < -0.39 is 5.54 Å². The maximum atomic E-state index is 9.23. The van der Waals surface area contributed by atoms with Gasteiger partial charge >= 0.3 is 0 Å². The second-order valence-corrected chi connectivity index (χ2v) is 4.09. The van der Waals surface area contributed by atoms with Crippen molar-refractivity contribution in [3.8, 4) is 0 Å². The fourth-order valence-corrected chi connectivity index (χ4v) is 1.62. The summed E-state index contributed by atoms with van der Waals surface area (Å²) in [5.41, 5.74) is 8.86. The summed E-state index contributed by atoms with van der Waals surface area (Å²) in [4.78, 5) is 0. The lowest BCUT2D eigenvalue weighted by molar-refractivity contribution is 0.209. The van der Waals surface area contributed by atoms with Gasteiger partial charge in [0.25, 0.3) is 0 Å². The molecule has 0 saturated carbocycles. The van der Waals surface area contributed by atoms with Crippen LogP contribution in [0.5, 0.6) is 0 Å². The van der Waals surface area contributed by atoms with Crippen LogP contribution in [0.25, 0.3) is 0 Å². The number of hydrogen-bond acceptors (Lipinski definition) is 2. The number of hydrogen-bond donors (Lipinski definition) is 2. The Labute approximate surface area is 85.8 Å². The Kier molecular flexibility index (Phi) is 3.29. The van der Waals surface area contributed by atoms with E-state index in [0.717, 1.165) is 12.0 Å². The Hall–Kier alpha value is -0.860. The summed E-state index contributed by atoms with van der Waals surface area (Å²) in [7, 11) is 0. The van der Waals surface area contributed by atoms with Crippen molar-refractivity contribution in [1.29, 1.82) is 0 Å². The van der Waals surface area contributed by atoms with Crippen LogP contribution in [0.3, 0.4) is 0 Å². The van der Waals surface area contributed by atoms with Crippen molar-refractivity contribution in [3.63, 3.8) is 0 Å². The Morgan fingerprint density at radius 2 is 2.07 bits per heavy atom. The molecule has 0 aromatic heterocycles. The zero-order chi connectivity index (χ0) is 10.8. The molecule has 0 aliphatic carbocycles.